The van der Waals surface area contributed by atoms with Gasteiger partial charge in [0, 0.05) is 26.7 Å². The lowest BCUT2D eigenvalue weighted by molar-refractivity contribution is -0.158. The standard InChI is InChI=1S/C10H20N2O4/c1-14-5-4-12(3-2-11)10(13)9-8-15-6-7-16-9/h9H,2-8,11H2,1H3. The lowest BCUT2D eigenvalue weighted by atomic mass is 10.3. The number of ether oxygens (including phenoxy) is 3. The summed E-state index contributed by atoms with van der Waals surface area (Å²) in [6.45, 7) is 3.33. The monoisotopic (exact) mass is 232 g/mol. The topological polar surface area (TPSA) is 74.0 Å². The first kappa shape index (κ1) is 13.4. The normalized spacial score (nSPS) is 20.8. The second-order valence-electron chi connectivity index (χ2n) is 3.54. The minimum absolute atomic E-state index is 0.0674. The smallest absolute Gasteiger partial charge is 0.254 e. The fourth-order valence-corrected chi connectivity index (χ4v) is 1.52. The first-order valence-corrected chi connectivity index (χ1v) is 5.46. The Labute approximate surface area is 95.6 Å². The Morgan fingerprint density at radius 1 is 1.50 bits per heavy atom. The van der Waals surface area contributed by atoms with Crippen LogP contribution in [0, 0.1) is 0 Å². The van der Waals surface area contributed by atoms with Crippen LogP contribution in [0.3, 0.4) is 0 Å². The fraction of sp³-hybridized carbons (Fsp3) is 0.900. The Bertz CT molecular complexity index is 207. The summed E-state index contributed by atoms with van der Waals surface area (Å²) in [6.07, 6.45) is -0.489. The number of nitrogens with zero attached hydrogens (tertiary/aromatic N) is 1. The van der Waals surface area contributed by atoms with E-state index in [9.17, 15) is 4.79 Å². The van der Waals surface area contributed by atoms with Crippen LogP contribution in [0.2, 0.25) is 0 Å². The van der Waals surface area contributed by atoms with E-state index in [1.807, 2.05) is 0 Å². The molecule has 1 saturated heterocycles. The lowest BCUT2D eigenvalue weighted by Gasteiger charge is -2.29. The molecule has 6 heteroatoms. The highest BCUT2D eigenvalue weighted by Crippen LogP contribution is 2.05. The van der Waals surface area contributed by atoms with Crippen molar-refractivity contribution in [2.45, 2.75) is 6.10 Å². The third kappa shape index (κ3) is 4.05. The van der Waals surface area contributed by atoms with Crippen LogP contribution in [-0.4, -0.2) is 70.1 Å². The summed E-state index contributed by atoms with van der Waals surface area (Å²) in [5.41, 5.74) is 5.46. The SMILES string of the molecule is COCCN(CCN)C(=O)C1COCCO1. The number of carbonyl (C=O) groups excluding carboxylic acids is 1. The van der Waals surface area contributed by atoms with Crippen molar-refractivity contribution in [1.29, 1.82) is 0 Å². The van der Waals surface area contributed by atoms with Gasteiger partial charge in [-0.15, -0.1) is 0 Å². The number of amides is 1. The van der Waals surface area contributed by atoms with Crippen molar-refractivity contribution in [3.63, 3.8) is 0 Å². The quantitative estimate of drug-likeness (QED) is 0.625. The molecule has 0 aromatic carbocycles. The summed E-state index contributed by atoms with van der Waals surface area (Å²) in [5, 5.41) is 0. The summed E-state index contributed by atoms with van der Waals surface area (Å²) in [4.78, 5) is 13.7. The molecule has 1 fully saturated rings. The van der Waals surface area contributed by atoms with E-state index in [0.717, 1.165) is 0 Å². The van der Waals surface area contributed by atoms with Crippen LogP contribution in [0.15, 0.2) is 0 Å². The molecule has 2 N–H and O–H groups in total. The molecule has 1 unspecified atom stereocenters. The van der Waals surface area contributed by atoms with Gasteiger partial charge in [0.2, 0.25) is 0 Å². The Balaban J connectivity index is 2.44. The molecule has 1 amide bonds. The zero-order valence-electron chi connectivity index (χ0n) is 9.68. The molecule has 0 spiro atoms. The maximum absolute atomic E-state index is 12.0. The predicted molar refractivity (Wildman–Crippen MR) is 58.1 cm³/mol. The highest BCUT2D eigenvalue weighted by atomic mass is 16.6. The van der Waals surface area contributed by atoms with E-state index >= 15 is 0 Å². The van der Waals surface area contributed by atoms with E-state index in [4.69, 9.17) is 19.9 Å². The highest BCUT2D eigenvalue weighted by molar-refractivity contribution is 5.81. The van der Waals surface area contributed by atoms with Crippen LogP contribution in [0.4, 0.5) is 0 Å². The third-order valence-electron chi connectivity index (χ3n) is 2.37. The van der Waals surface area contributed by atoms with Crippen molar-refractivity contribution in [2.24, 2.45) is 5.73 Å². The van der Waals surface area contributed by atoms with Gasteiger partial charge < -0.3 is 24.8 Å². The molecule has 6 nitrogen and oxygen atoms in total. The van der Waals surface area contributed by atoms with Gasteiger partial charge >= 0.3 is 0 Å². The number of rotatable bonds is 6. The number of methoxy groups -OCH3 is 1. The lowest BCUT2D eigenvalue weighted by Crippen LogP contribution is -2.47. The fourth-order valence-electron chi connectivity index (χ4n) is 1.52. The van der Waals surface area contributed by atoms with Crippen molar-refractivity contribution in [1.82, 2.24) is 4.90 Å². The molecule has 1 aliphatic rings. The van der Waals surface area contributed by atoms with Gasteiger partial charge in [0.15, 0.2) is 6.10 Å². The minimum Gasteiger partial charge on any atom is -0.383 e. The zero-order chi connectivity index (χ0) is 11.8. The molecule has 94 valence electrons. The zero-order valence-corrected chi connectivity index (χ0v) is 9.68. The average Bonchev–Trinajstić information content (AvgIpc) is 2.35. The Morgan fingerprint density at radius 2 is 2.31 bits per heavy atom. The molecule has 0 aromatic rings. The molecule has 1 atom stereocenters. The van der Waals surface area contributed by atoms with E-state index in [1.165, 1.54) is 0 Å². The van der Waals surface area contributed by atoms with E-state index in [1.54, 1.807) is 12.0 Å². The number of hydrogen-bond acceptors (Lipinski definition) is 5. The van der Waals surface area contributed by atoms with Gasteiger partial charge in [0.1, 0.15) is 0 Å². The largest absolute Gasteiger partial charge is 0.383 e. The molecule has 16 heavy (non-hydrogen) atoms. The Morgan fingerprint density at radius 3 is 2.88 bits per heavy atom. The maximum Gasteiger partial charge on any atom is 0.254 e. The summed E-state index contributed by atoms with van der Waals surface area (Å²) >= 11 is 0. The van der Waals surface area contributed by atoms with E-state index < -0.39 is 6.10 Å². The number of hydrogen-bond donors (Lipinski definition) is 1. The first-order valence-electron chi connectivity index (χ1n) is 5.46. The van der Waals surface area contributed by atoms with Crippen molar-refractivity contribution in [2.75, 3.05) is 53.2 Å². The average molecular weight is 232 g/mol. The van der Waals surface area contributed by atoms with Gasteiger partial charge in [-0.05, 0) is 0 Å². The molecule has 0 saturated carbocycles. The van der Waals surface area contributed by atoms with Crippen molar-refractivity contribution < 1.29 is 19.0 Å². The molecular formula is C10H20N2O4. The van der Waals surface area contributed by atoms with Crippen LogP contribution in [-0.2, 0) is 19.0 Å². The Hall–Kier alpha value is -0.690. The van der Waals surface area contributed by atoms with Crippen LogP contribution in [0.5, 0.6) is 0 Å². The number of nitrogens with two attached hydrogens (primary N) is 1. The molecule has 1 heterocycles. The van der Waals surface area contributed by atoms with Gasteiger partial charge in [-0.1, -0.05) is 0 Å². The van der Waals surface area contributed by atoms with E-state index in [-0.39, 0.29) is 5.91 Å². The second-order valence-corrected chi connectivity index (χ2v) is 3.54. The van der Waals surface area contributed by atoms with Crippen molar-refractivity contribution in [3.05, 3.63) is 0 Å². The van der Waals surface area contributed by atoms with Gasteiger partial charge in [-0.25, -0.2) is 0 Å². The van der Waals surface area contributed by atoms with Crippen molar-refractivity contribution >= 4 is 5.91 Å². The van der Waals surface area contributed by atoms with Crippen LogP contribution in [0.1, 0.15) is 0 Å². The van der Waals surface area contributed by atoms with Gasteiger partial charge in [-0.2, -0.15) is 0 Å². The van der Waals surface area contributed by atoms with Gasteiger partial charge in [-0.3, -0.25) is 4.79 Å². The molecule has 1 aliphatic heterocycles. The molecule has 0 radical (unpaired) electrons. The first-order chi connectivity index (χ1) is 7.79. The van der Waals surface area contributed by atoms with Crippen LogP contribution >= 0.6 is 0 Å². The molecule has 0 aromatic heterocycles. The third-order valence-corrected chi connectivity index (χ3v) is 2.37. The van der Waals surface area contributed by atoms with Crippen LogP contribution < -0.4 is 5.73 Å². The van der Waals surface area contributed by atoms with E-state index in [0.29, 0.717) is 46.1 Å². The van der Waals surface area contributed by atoms with E-state index in [2.05, 4.69) is 0 Å². The molecule has 0 aliphatic carbocycles. The number of carbonyl (C=O) groups is 1. The molecular weight excluding hydrogens is 212 g/mol. The van der Waals surface area contributed by atoms with Gasteiger partial charge in [0.05, 0.1) is 26.4 Å². The summed E-state index contributed by atoms with van der Waals surface area (Å²) in [5.74, 6) is -0.0674. The summed E-state index contributed by atoms with van der Waals surface area (Å²) < 4.78 is 15.5. The predicted octanol–water partition coefficient (Wildman–Crippen LogP) is -1.16. The summed E-state index contributed by atoms with van der Waals surface area (Å²) in [6, 6.07) is 0. The molecule has 0 bridgehead atoms. The Kier molecular flexibility index (Phi) is 6.32. The second kappa shape index (κ2) is 7.56. The minimum atomic E-state index is -0.489. The van der Waals surface area contributed by atoms with Gasteiger partial charge in [0.25, 0.3) is 5.91 Å². The molecule has 1 rings (SSSR count). The van der Waals surface area contributed by atoms with Crippen molar-refractivity contribution in [3.8, 4) is 0 Å². The summed E-state index contributed by atoms with van der Waals surface area (Å²) in [7, 11) is 1.60. The van der Waals surface area contributed by atoms with Crippen LogP contribution in [0.25, 0.3) is 0 Å². The maximum atomic E-state index is 12.0. The highest BCUT2D eigenvalue weighted by Gasteiger charge is 2.26.